The molecule has 1 unspecified atom stereocenters. The normalized spacial score (nSPS) is 20.5. The molecule has 0 aromatic heterocycles. The minimum atomic E-state index is -0.925. The van der Waals surface area contributed by atoms with Crippen LogP contribution in [0.25, 0.3) is 0 Å². The predicted molar refractivity (Wildman–Crippen MR) is 145 cm³/mol. The average molecular weight is 488 g/mol. The summed E-state index contributed by atoms with van der Waals surface area (Å²) in [7, 11) is 0. The Hall–Kier alpha value is -2.95. The number of Topliss-reactive ketones (excluding diaryl/α,β-unsaturated/α-hetero) is 1. The molecule has 0 saturated heterocycles. The number of guanidine groups is 1. The SMILES string of the molecule is CCCCCC(=O)CCc1ccc(CN2C(=O)C(CC3CCCCC3)(c3ccccc3)N=C2N)cc1. The molecule has 0 radical (unpaired) electrons. The molecular weight excluding hydrogens is 446 g/mol. The van der Waals surface area contributed by atoms with Crippen molar-refractivity contribution >= 4 is 17.6 Å². The molecule has 2 aliphatic rings. The van der Waals surface area contributed by atoms with Gasteiger partial charge in [-0.05, 0) is 41.9 Å². The van der Waals surface area contributed by atoms with Crippen molar-refractivity contribution in [3.05, 3.63) is 71.3 Å². The van der Waals surface area contributed by atoms with Crippen molar-refractivity contribution in [2.24, 2.45) is 16.6 Å². The highest BCUT2D eigenvalue weighted by Gasteiger charge is 2.50. The number of benzene rings is 2. The van der Waals surface area contributed by atoms with Crippen LogP contribution in [0.3, 0.4) is 0 Å². The van der Waals surface area contributed by atoms with Crippen LogP contribution in [-0.4, -0.2) is 22.5 Å². The Morgan fingerprint density at radius 2 is 1.67 bits per heavy atom. The van der Waals surface area contributed by atoms with E-state index in [0.717, 1.165) is 61.6 Å². The number of hydrogen-bond acceptors (Lipinski definition) is 4. The molecule has 1 amide bonds. The van der Waals surface area contributed by atoms with Gasteiger partial charge in [0.2, 0.25) is 0 Å². The van der Waals surface area contributed by atoms with Gasteiger partial charge in [0.05, 0.1) is 6.54 Å². The number of amides is 1. The number of nitrogens with two attached hydrogens (primary N) is 1. The van der Waals surface area contributed by atoms with Gasteiger partial charge in [-0.15, -0.1) is 0 Å². The van der Waals surface area contributed by atoms with Gasteiger partial charge in [-0.25, -0.2) is 4.99 Å². The zero-order chi connectivity index (χ0) is 25.4. The Morgan fingerprint density at radius 1 is 0.972 bits per heavy atom. The maximum atomic E-state index is 14.0. The van der Waals surface area contributed by atoms with Crippen molar-refractivity contribution < 1.29 is 9.59 Å². The minimum Gasteiger partial charge on any atom is -0.369 e. The quantitative estimate of drug-likeness (QED) is 0.357. The Morgan fingerprint density at radius 3 is 2.36 bits per heavy atom. The van der Waals surface area contributed by atoms with Gasteiger partial charge in [-0.1, -0.05) is 106 Å². The number of unbranched alkanes of at least 4 members (excludes halogenated alkanes) is 2. The van der Waals surface area contributed by atoms with Gasteiger partial charge in [0.25, 0.3) is 5.91 Å². The molecule has 5 heteroatoms. The third kappa shape index (κ3) is 6.24. The fourth-order valence-electron chi connectivity index (χ4n) is 5.72. The highest BCUT2D eigenvalue weighted by molar-refractivity contribution is 6.07. The second kappa shape index (κ2) is 12.3. The lowest BCUT2D eigenvalue weighted by Crippen LogP contribution is -2.43. The summed E-state index contributed by atoms with van der Waals surface area (Å²) >= 11 is 0. The van der Waals surface area contributed by atoms with Gasteiger partial charge < -0.3 is 5.73 Å². The maximum absolute atomic E-state index is 14.0. The lowest BCUT2D eigenvalue weighted by molar-refractivity contribution is -0.132. The Labute approximate surface area is 216 Å². The van der Waals surface area contributed by atoms with Crippen molar-refractivity contribution in [3.63, 3.8) is 0 Å². The number of ketones is 1. The zero-order valence-electron chi connectivity index (χ0n) is 21.8. The standard InChI is InChI=1S/C31H41N3O2/c1-2-3-6-15-28(35)21-20-24-16-18-26(19-17-24)23-34-29(36)31(33-30(34)32,27-13-9-5-10-14-27)22-25-11-7-4-8-12-25/h5,9-10,13-14,16-19,25H,2-4,6-8,11-12,15,20-23H2,1H3,(H2,32,33). The molecule has 2 N–H and O–H groups in total. The van der Waals surface area contributed by atoms with Gasteiger partial charge in [0.1, 0.15) is 5.78 Å². The first-order chi connectivity index (χ1) is 17.5. The van der Waals surface area contributed by atoms with Crippen LogP contribution in [0.4, 0.5) is 0 Å². The van der Waals surface area contributed by atoms with Crippen LogP contribution in [0.1, 0.15) is 94.2 Å². The predicted octanol–water partition coefficient (Wildman–Crippen LogP) is 6.29. The zero-order valence-corrected chi connectivity index (χ0v) is 21.8. The summed E-state index contributed by atoms with van der Waals surface area (Å²) in [6.45, 7) is 2.56. The van der Waals surface area contributed by atoms with E-state index in [1.54, 1.807) is 4.90 Å². The molecule has 1 fully saturated rings. The molecule has 1 aliphatic carbocycles. The summed E-state index contributed by atoms with van der Waals surface area (Å²) in [6, 6.07) is 18.2. The molecule has 2 aromatic rings. The van der Waals surface area contributed by atoms with E-state index in [0.29, 0.717) is 37.0 Å². The fourth-order valence-corrected chi connectivity index (χ4v) is 5.72. The van der Waals surface area contributed by atoms with E-state index in [1.807, 2.05) is 42.5 Å². The molecule has 1 saturated carbocycles. The maximum Gasteiger partial charge on any atom is 0.262 e. The lowest BCUT2D eigenvalue weighted by atomic mass is 9.76. The molecule has 1 heterocycles. The first kappa shape index (κ1) is 26.1. The number of aryl methyl sites for hydroxylation is 1. The second-order valence-electron chi connectivity index (χ2n) is 10.6. The van der Waals surface area contributed by atoms with Gasteiger partial charge in [-0.2, -0.15) is 0 Å². The highest BCUT2D eigenvalue weighted by Crippen LogP contribution is 2.42. The molecule has 1 atom stereocenters. The van der Waals surface area contributed by atoms with Crippen LogP contribution in [0, 0.1) is 5.92 Å². The average Bonchev–Trinajstić information content (AvgIpc) is 3.14. The number of carbonyl (C=O) groups excluding carboxylic acids is 2. The Balaban J connectivity index is 1.43. The van der Waals surface area contributed by atoms with E-state index in [1.165, 1.54) is 19.3 Å². The van der Waals surface area contributed by atoms with Crippen LogP contribution in [-0.2, 0) is 28.1 Å². The van der Waals surface area contributed by atoms with Crippen molar-refractivity contribution in [1.82, 2.24) is 4.90 Å². The van der Waals surface area contributed by atoms with Crippen molar-refractivity contribution in [2.75, 3.05) is 0 Å². The molecule has 192 valence electrons. The van der Waals surface area contributed by atoms with Crippen LogP contribution < -0.4 is 5.73 Å². The van der Waals surface area contributed by atoms with Crippen LogP contribution in [0.2, 0.25) is 0 Å². The largest absolute Gasteiger partial charge is 0.369 e. The van der Waals surface area contributed by atoms with Gasteiger partial charge in [0, 0.05) is 12.8 Å². The summed E-state index contributed by atoms with van der Waals surface area (Å²) < 4.78 is 0. The summed E-state index contributed by atoms with van der Waals surface area (Å²) in [6.07, 6.45) is 12.0. The van der Waals surface area contributed by atoms with Gasteiger partial charge in [-0.3, -0.25) is 14.5 Å². The molecule has 1 aliphatic heterocycles. The topological polar surface area (TPSA) is 75.8 Å². The summed E-state index contributed by atoms with van der Waals surface area (Å²) in [4.78, 5) is 32.6. The molecule has 0 bridgehead atoms. The Kier molecular flexibility index (Phi) is 8.95. The third-order valence-electron chi connectivity index (χ3n) is 7.86. The summed E-state index contributed by atoms with van der Waals surface area (Å²) in [5.41, 5.74) is 8.58. The molecule has 5 nitrogen and oxygen atoms in total. The monoisotopic (exact) mass is 487 g/mol. The van der Waals surface area contributed by atoms with E-state index in [4.69, 9.17) is 10.7 Å². The van der Waals surface area contributed by atoms with E-state index in [9.17, 15) is 9.59 Å². The first-order valence-electron chi connectivity index (χ1n) is 13.8. The highest BCUT2D eigenvalue weighted by atomic mass is 16.2. The molecular formula is C31H41N3O2. The number of nitrogens with zero attached hydrogens (tertiary/aromatic N) is 2. The molecule has 0 spiro atoms. The fraction of sp³-hybridized carbons (Fsp3) is 0.516. The second-order valence-corrected chi connectivity index (χ2v) is 10.6. The van der Waals surface area contributed by atoms with E-state index in [-0.39, 0.29) is 5.91 Å². The molecule has 2 aromatic carbocycles. The number of carbonyl (C=O) groups is 2. The van der Waals surface area contributed by atoms with Crippen LogP contribution in [0.5, 0.6) is 0 Å². The van der Waals surface area contributed by atoms with Gasteiger partial charge >= 0.3 is 0 Å². The Bertz CT molecular complexity index is 1040. The van der Waals surface area contributed by atoms with E-state index < -0.39 is 5.54 Å². The van der Waals surface area contributed by atoms with Crippen molar-refractivity contribution in [3.8, 4) is 0 Å². The van der Waals surface area contributed by atoms with E-state index >= 15 is 0 Å². The van der Waals surface area contributed by atoms with E-state index in [2.05, 4.69) is 19.1 Å². The minimum absolute atomic E-state index is 0.0153. The summed E-state index contributed by atoms with van der Waals surface area (Å²) in [5.74, 6) is 1.12. The smallest absolute Gasteiger partial charge is 0.262 e. The molecule has 36 heavy (non-hydrogen) atoms. The molecule has 4 rings (SSSR count). The van der Waals surface area contributed by atoms with Crippen LogP contribution >= 0.6 is 0 Å². The van der Waals surface area contributed by atoms with Crippen molar-refractivity contribution in [2.45, 2.75) is 96.1 Å². The number of aliphatic imine (C=N–C) groups is 1. The van der Waals surface area contributed by atoms with Gasteiger partial charge in [0.15, 0.2) is 11.5 Å². The summed E-state index contributed by atoms with van der Waals surface area (Å²) in [5, 5.41) is 0. The first-order valence-corrected chi connectivity index (χ1v) is 13.8. The van der Waals surface area contributed by atoms with Crippen molar-refractivity contribution in [1.29, 1.82) is 0 Å². The lowest BCUT2D eigenvalue weighted by Gasteiger charge is -2.32. The number of rotatable bonds is 12. The van der Waals surface area contributed by atoms with Crippen LogP contribution in [0.15, 0.2) is 59.6 Å². The number of hydrogen-bond donors (Lipinski definition) is 1. The third-order valence-corrected chi connectivity index (χ3v) is 7.86.